The largest absolute Gasteiger partial charge is 0.464 e. The summed E-state index contributed by atoms with van der Waals surface area (Å²) in [6.45, 7) is 0. The van der Waals surface area contributed by atoms with Crippen LogP contribution in [0.4, 0.5) is 0 Å². The summed E-state index contributed by atoms with van der Waals surface area (Å²) < 4.78 is 6.41. The van der Waals surface area contributed by atoms with Gasteiger partial charge in [-0.25, -0.2) is 14.8 Å². The molecular weight excluding hydrogens is 242 g/mol. The van der Waals surface area contributed by atoms with Gasteiger partial charge in [-0.2, -0.15) is 0 Å². The molecule has 5 heteroatoms. The second-order valence-corrected chi connectivity index (χ2v) is 4.02. The van der Waals surface area contributed by atoms with E-state index in [0.717, 1.165) is 11.3 Å². The molecule has 3 aromatic rings. The second kappa shape index (κ2) is 4.53. The highest BCUT2D eigenvalue weighted by molar-refractivity contribution is 5.88. The van der Waals surface area contributed by atoms with Crippen LogP contribution in [0.3, 0.4) is 0 Å². The van der Waals surface area contributed by atoms with E-state index in [1.165, 1.54) is 7.11 Å². The Labute approximate surface area is 109 Å². The molecule has 0 unspecified atom stereocenters. The molecule has 1 aromatic carbocycles. The van der Waals surface area contributed by atoms with E-state index in [1.807, 2.05) is 36.5 Å². The lowest BCUT2D eigenvalue weighted by Crippen LogP contribution is -2.04. The number of hydrogen-bond acceptors (Lipinski definition) is 4. The molecule has 5 nitrogen and oxygen atoms in total. The van der Waals surface area contributed by atoms with Crippen molar-refractivity contribution in [2.24, 2.45) is 0 Å². The molecule has 0 radical (unpaired) electrons. The Balaban J connectivity index is 2.09. The lowest BCUT2D eigenvalue weighted by atomic mass is 10.2. The Morgan fingerprint density at radius 2 is 2.05 bits per heavy atom. The van der Waals surface area contributed by atoms with E-state index in [9.17, 15) is 4.79 Å². The molecule has 2 heterocycles. The van der Waals surface area contributed by atoms with Gasteiger partial charge in [0.25, 0.3) is 0 Å². The molecule has 0 amide bonds. The maximum atomic E-state index is 11.4. The van der Waals surface area contributed by atoms with E-state index in [2.05, 4.69) is 14.7 Å². The van der Waals surface area contributed by atoms with Crippen molar-refractivity contribution in [2.75, 3.05) is 7.11 Å². The second-order valence-electron chi connectivity index (χ2n) is 4.02. The maximum Gasteiger partial charge on any atom is 0.356 e. The number of carbonyl (C=O) groups is 1. The lowest BCUT2D eigenvalue weighted by molar-refractivity contribution is 0.0594. The molecule has 0 aliphatic rings. The summed E-state index contributed by atoms with van der Waals surface area (Å²) in [5.41, 5.74) is 2.77. The Morgan fingerprint density at radius 3 is 2.79 bits per heavy atom. The first kappa shape index (κ1) is 11.4. The van der Waals surface area contributed by atoms with Crippen molar-refractivity contribution in [3.05, 3.63) is 54.6 Å². The summed E-state index contributed by atoms with van der Waals surface area (Å²) in [6, 6.07) is 11.4. The number of esters is 1. The molecule has 19 heavy (non-hydrogen) atoms. The number of imidazole rings is 1. The Bertz CT molecular complexity index is 735. The summed E-state index contributed by atoms with van der Waals surface area (Å²) in [5, 5.41) is 0. The number of fused-ring (bicyclic) bond motifs is 1. The van der Waals surface area contributed by atoms with Crippen molar-refractivity contribution < 1.29 is 9.53 Å². The van der Waals surface area contributed by atoms with Crippen molar-refractivity contribution in [3.63, 3.8) is 0 Å². The standard InChI is InChI=1S/C14H11N3O2/c1-19-14(18)11-7-13-16-12(8-17(13)9-15-11)10-5-3-2-4-6-10/h2-9H,1H3. The Kier molecular flexibility index (Phi) is 2.72. The van der Waals surface area contributed by atoms with Crippen LogP contribution < -0.4 is 0 Å². The zero-order chi connectivity index (χ0) is 13.2. The minimum atomic E-state index is -0.466. The van der Waals surface area contributed by atoms with Crippen molar-refractivity contribution in [2.45, 2.75) is 0 Å². The average Bonchev–Trinajstić information content (AvgIpc) is 2.90. The van der Waals surface area contributed by atoms with Gasteiger partial charge >= 0.3 is 5.97 Å². The molecule has 0 aliphatic heterocycles. The third-order valence-electron chi connectivity index (χ3n) is 2.81. The van der Waals surface area contributed by atoms with Gasteiger partial charge in [-0.15, -0.1) is 0 Å². The molecule has 0 spiro atoms. The average molecular weight is 253 g/mol. The van der Waals surface area contributed by atoms with Crippen LogP contribution >= 0.6 is 0 Å². The van der Waals surface area contributed by atoms with E-state index >= 15 is 0 Å². The van der Waals surface area contributed by atoms with Crippen molar-refractivity contribution >= 4 is 11.6 Å². The molecule has 0 fully saturated rings. The van der Waals surface area contributed by atoms with Crippen LogP contribution in [0.25, 0.3) is 16.9 Å². The van der Waals surface area contributed by atoms with Gasteiger partial charge < -0.3 is 4.74 Å². The number of hydrogen-bond donors (Lipinski definition) is 0. The minimum absolute atomic E-state index is 0.250. The van der Waals surface area contributed by atoms with Gasteiger partial charge in [0.2, 0.25) is 0 Å². The number of carbonyl (C=O) groups excluding carboxylic acids is 1. The minimum Gasteiger partial charge on any atom is -0.464 e. The summed E-state index contributed by atoms with van der Waals surface area (Å²) in [4.78, 5) is 19.9. The SMILES string of the molecule is COC(=O)c1cc2nc(-c3ccccc3)cn2cn1. The number of ether oxygens (including phenoxy) is 1. The number of nitrogens with zero attached hydrogens (tertiary/aromatic N) is 3. The molecule has 0 atom stereocenters. The topological polar surface area (TPSA) is 56.5 Å². The van der Waals surface area contributed by atoms with E-state index < -0.39 is 5.97 Å². The molecule has 0 N–H and O–H groups in total. The monoisotopic (exact) mass is 253 g/mol. The predicted molar refractivity (Wildman–Crippen MR) is 69.8 cm³/mol. The van der Waals surface area contributed by atoms with Gasteiger partial charge in [-0.1, -0.05) is 30.3 Å². The normalized spacial score (nSPS) is 10.6. The van der Waals surface area contributed by atoms with E-state index in [4.69, 9.17) is 0 Å². The summed E-state index contributed by atoms with van der Waals surface area (Å²) >= 11 is 0. The lowest BCUT2D eigenvalue weighted by Gasteiger charge is -1.97. The fourth-order valence-corrected chi connectivity index (χ4v) is 1.86. The zero-order valence-electron chi connectivity index (χ0n) is 10.3. The van der Waals surface area contributed by atoms with Gasteiger partial charge in [-0.05, 0) is 0 Å². The predicted octanol–water partition coefficient (Wildman–Crippen LogP) is 2.18. The highest BCUT2D eigenvalue weighted by atomic mass is 16.5. The van der Waals surface area contributed by atoms with Crippen molar-refractivity contribution in [1.29, 1.82) is 0 Å². The highest BCUT2D eigenvalue weighted by Gasteiger charge is 2.10. The molecular formula is C14H11N3O2. The van der Waals surface area contributed by atoms with Crippen LogP contribution in [0.2, 0.25) is 0 Å². The van der Waals surface area contributed by atoms with Gasteiger partial charge in [0, 0.05) is 17.8 Å². The van der Waals surface area contributed by atoms with E-state index in [1.54, 1.807) is 16.8 Å². The van der Waals surface area contributed by atoms with Crippen LogP contribution in [0.1, 0.15) is 10.5 Å². The molecule has 0 saturated carbocycles. The third-order valence-corrected chi connectivity index (χ3v) is 2.81. The zero-order valence-corrected chi connectivity index (χ0v) is 10.3. The third kappa shape index (κ3) is 2.06. The number of aromatic nitrogens is 3. The van der Waals surface area contributed by atoms with Gasteiger partial charge in [0.1, 0.15) is 12.0 Å². The molecule has 0 saturated heterocycles. The number of methoxy groups -OCH3 is 1. The van der Waals surface area contributed by atoms with Crippen LogP contribution in [-0.4, -0.2) is 27.4 Å². The first-order valence-electron chi connectivity index (χ1n) is 5.76. The fourth-order valence-electron chi connectivity index (χ4n) is 1.86. The van der Waals surface area contributed by atoms with Crippen molar-refractivity contribution in [3.8, 4) is 11.3 Å². The molecule has 0 aliphatic carbocycles. The van der Waals surface area contributed by atoms with Crippen LogP contribution in [0.15, 0.2) is 48.9 Å². The van der Waals surface area contributed by atoms with Crippen LogP contribution in [-0.2, 0) is 4.74 Å². The van der Waals surface area contributed by atoms with Gasteiger partial charge in [0.05, 0.1) is 12.8 Å². The van der Waals surface area contributed by atoms with Crippen molar-refractivity contribution in [1.82, 2.24) is 14.4 Å². The number of benzene rings is 1. The Hall–Kier alpha value is -2.69. The summed E-state index contributed by atoms with van der Waals surface area (Å²) in [7, 11) is 1.33. The quantitative estimate of drug-likeness (QED) is 0.657. The van der Waals surface area contributed by atoms with Gasteiger partial charge in [-0.3, -0.25) is 4.40 Å². The smallest absolute Gasteiger partial charge is 0.356 e. The Morgan fingerprint density at radius 1 is 1.26 bits per heavy atom. The highest BCUT2D eigenvalue weighted by Crippen LogP contribution is 2.18. The summed E-state index contributed by atoms with van der Waals surface area (Å²) in [5.74, 6) is -0.466. The fraction of sp³-hybridized carbons (Fsp3) is 0.0714. The van der Waals surface area contributed by atoms with Crippen LogP contribution in [0.5, 0.6) is 0 Å². The molecule has 2 aromatic heterocycles. The molecule has 94 valence electrons. The number of rotatable bonds is 2. The first-order valence-corrected chi connectivity index (χ1v) is 5.76. The van der Waals surface area contributed by atoms with E-state index in [-0.39, 0.29) is 5.69 Å². The van der Waals surface area contributed by atoms with Gasteiger partial charge in [0.15, 0.2) is 5.69 Å². The molecule has 3 rings (SSSR count). The van der Waals surface area contributed by atoms with Crippen LogP contribution in [0, 0.1) is 0 Å². The molecule has 0 bridgehead atoms. The maximum absolute atomic E-state index is 11.4. The first-order chi connectivity index (χ1) is 9.28. The summed E-state index contributed by atoms with van der Waals surface area (Å²) in [6.07, 6.45) is 3.43. The van der Waals surface area contributed by atoms with E-state index in [0.29, 0.717) is 5.65 Å².